The molecule has 7 rings (SSSR count). The summed E-state index contributed by atoms with van der Waals surface area (Å²) in [5.74, 6) is 1.88. The highest BCUT2D eigenvalue weighted by Gasteiger charge is 2.49. The summed E-state index contributed by atoms with van der Waals surface area (Å²) in [6.07, 6.45) is 10.4. The number of ether oxygens (including phenoxy) is 1. The second-order valence-corrected chi connectivity index (χ2v) is 12.5. The maximum atomic E-state index is 14.6. The number of rotatable bonds is 7. The zero-order valence-electron chi connectivity index (χ0n) is 23.6. The summed E-state index contributed by atoms with van der Waals surface area (Å²) in [6.45, 7) is 1.73. The minimum atomic E-state index is -0.337. The fraction of sp³-hybridized carbons (Fsp3) is 0.343. The van der Waals surface area contributed by atoms with Crippen molar-refractivity contribution >= 4 is 5.82 Å². The zero-order valence-corrected chi connectivity index (χ0v) is 23.6. The van der Waals surface area contributed by atoms with Crippen LogP contribution in [0.25, 0.3) is 11.1 Å². The lowest BCUT2D eigenvalue weighted by molar-refractivity contribution is 0.304. The van der Waals surface area contributed by atoms with Gasteiger partial charge in [-0.1, -0.05) is 36.4 Å². The molecule has 2 aliphatic carbocycles. The Labute approximate surface area is 246 Å². The second kappa shape index (κ2) is 10.5. The Balaban J connectivity index is 1.15. The highest BCUT2D eigenvalue weighted by Crippen LogP contribution is 2.52. The number of aromatic nitrogens is 2. The summed E-state index contributed by atoms with van der Waals surface area (Å²) in [7, 11) is 0. The van der Waals surface area contributed by atoms with Gasteiger partial charge in [-0.25, -0.2) is 14.4 Å². The van der Waals surface area contributed by atoms with Crippen molar-refractivity contribution in [2.75, 3.05) is 18.0 Å². The van der Waals surface area contributed by atoms with Gasteiger partial charge >= 0.3 is 0 Å². The molecule has 212 valence electrons. The summed E-state index contributed by atoms with van der Waals surface area (Å²) in [6, 6.07) is 23.0. The number of hydrogen-bond donors (Lipinski definition) is 1. The average Bonchev–Trinajstić information content (AvgIpc) is 3.70. The molecule has 1 spiro atoms. The minimum absolute atomic E-state index is 0.147. The van der Waals surface area contributed by atoms with Crippen molar-refractivity contribution in [1.82, 2.24) is 9.97 Å². The van der Waals surface area contributed by atoms with Gasteiger partial charge in [0.1, 0.15) is 17.9 Å². The lowest BCUT2D eigenvalue weighted by Crippen LogP contribution is -2.41. The maximum absolute atomic E-state index is 14.6. The number of benzene rings is 3. The van der Waals surface area contributed by atoms with E-state index < -0.39 is 0 Å². The molecule has 0 bridgehead atoms. The molecule has 3 fully saturated rings. The van der Waals surface area contributed by atoms with Crippen molar-refractivity contribution in [1.29, 1.82) is 5.26 Å². The van der Waals surface area contributed by atoms with Gasteiger partial charge in [0, 0.05) is 24.2 Å². The predicted molar refractivity (Wildman–Crippen MR) is 161 cm³/mol. The normalized spacial score (nSPS) is 23.3. The molecule has 3 aliphatic rings. The van der Waals surface area contributed by atoms with Gasteiger partial charge in [0.25, 0.3) is 0 Å². The summed E-state index contributed by atoms with van der Waals surface area (Å²) in [5.41, 5.74) is 11.5. The summed E-state index contributed by atoms with van der Waals surface area (Å²) >= 11 is 0. The molecule has 0 amide bonds. The Kier molecular flexibility index (Phi) is 6.67. The first-order chi connectivity index (χ1) is 20.4. The van der Waals surface area contributed by atoms with E-state index in [4.69, 9.17) is 10.5 Å². The van der Waals surface area contributed by atoms with Crippen molar-refractivity contribution in [3.05, 3.63) is 102 Å². The molecule has 1 aromatic heterocycles. The first-order valence-corrected chi connectivity index (χ1v) is 14.8. The van der Waals surface area contributed by atoms with Crippen molar-refractivity contribution in [2.24, 2.45) is 11.1 Å². The lowest BCUT2D eigenvalue weighted by atomic mass is 9.81. The van der Waals surface area contributed by atoms with Crippen molar-refractivity contribution in [3.8, 4) is 28.7 Å². The molecule has 0 radical (unpaired) electrons. The van der Waals surface area contributed by atoms with Crippen LogP contribution in [0, 0.1) is 22.6 Å². The van der Waals surface area contributed by atoms with Crippen LogP contribution in [0.1, 0.15) is 61.1 Å². The van der Waals surface area contributed by atoms with Gasteiger partial charge in [-0.15, -0.1) is 0 Å². The molecule has 2 heterocycles. The molecular weight excluding hydrogens is 525 g/mol. The molecular formula is C35H34FN5O. The van der Waals surface area contributed by atoms with Crippen LogP contribution < -0.4 is 15.4 Å². The van der Waals surface area contributed by atoms with Gasteiger partial charge in [-0.3, -0.25) is 0 Å². The highest BCUT2D eigenvalue weighted by atomic mass is 19.1. The van der Waals surface area contributed by atoms with Crippen LogP contribution in [0.3, 0.4) is 0 Å². The highest BCUT2D eigenvalue weighted by molar-refractivity contribution is 5.76. The standard InChI is InChI=1S/C35H34FN5O/c36-27-9-11-31(30(17-27)28-10-6-25(19-37)16-29(28)26-7-8-26)42-32-20-39-23-40-33(32)41-15-14-34(22-41)12-13-35(38,21-34)18-24-4-2-1-3-5-24/h1-6,9-11,16-17,20,23,26H,7-8,12-15,18,21-22,38H2. The van der Waals surface area contributed by atoms with Crippen molar-refractivity contribution < 1.29 is 9.13 Å². The van der Waals surface area contributed by atoms with Crippen LogP contribution in [-0.2, 0) is 6.42 Å². The maximum Gasteiger partial charge on any atom is 0.188 e. The lowest BCUT2D eigenvalue weighted by Gasteiger charge is -2.29. The third-order valence-electron chi connectivity index (χ3n) is 9.33. The van der Waals surface area contributed by atoms with Gasteiger partial charge in [0.2, 0.25) is 0 Å². The molecule has 6 nitrogen and oxygen atoms in total. The minimum Gasteiger partial charge on any atom is -0.451 e. The van der Waals surface area contributed by atoms with Gasteiger partial charge in [-0.05, 0) is 103 Å². The Morgan fingerprint density at radius 2 is 1.86 bits per heavy atom. The molecule has 1 saturated heterocycles. The quantitative estimate of drug-likeness (QED) is 0.259. The van der Waals surface area contributed by atoms with E-state index in [1.54, 1.807) is 24.7 Å². The molecule has 3 aromatic carbocycles. The summed E-state index contributed by atoms with van der Waals surface area (Å²) < 4.78 is 21.1. The Bertz CT molecular complexity index is 1670. The molecule has 4 aromatic rings. The Morgan fingerprint density at radius 3 is 2.67 bits per heavy atom. The first-order valence-electron chi connectivity index (χ1n) is 14.8. The zero-order chi connectivity index (χ0) is 28.7. The van der Waals surface area contributed by atoms with E-state index >= 15 is 0 Å². The van der Waals surface area contributed by atoms with Crippen LogP contribution in [-0.4, -0.2) is 28.6 Å². The molecule has 2 N–H and O–H groups in total. The molecule has 1 aliphatic heterocycles. The van der Waals surface area contributed by atoms with Crippen LogP contribution in [0.2, 0.25) is 0 Å². The Morgan fingerprint density at radius 1 is 1.00 bits per heavy atom. The van der Waals surface area contributed by atoms with E-state index in [2.05, 4.69) is 45.2 Å². The van der Waals surface area contributed by atoms with Crippen LogP contribution in [0.4, 0.5) is 10.2 Å². The predicted octanol–water partition coefficient (Wildman–Crippen LogP) is 7.14. The SMILES string of the molecule is N#Cc1ccc(-c2cc(F)ccc2Oc2cncnc2N2CCC3(CCC(N)(Cc4ccccc4)C3)C2)c(C2CC2)c1. The topological polar surface area (TPSA) is 88.1 Å². The first kappa shape index (κ1) is 26.6. The van der Waals surface area contributed by atoms with Gasteiger partial charge in [0.05, 0.1) is 17.8 Å². The van der Waals surface area contributed by atoms with Crippen molar-refractivity contribution in [2.45, 2.75) is 56.4 Å². The average molecular weight is 560 g/mol. The van der Waals surface area contributed by atoms with E-state index in [-0.39, 0.29) is 16.8 Å². The van der Waals surface area contributed by atoms with E-state index in [1.807, 2.05) is 18.2 Å². The molecule has 2 saturated carbocycles. The molecule has 42 heavy (non-hydrogen) atoms. The molecule has 2 unspecified atom stereocenters. The fourth-order valence-corrected chi connectivity index (χ4v) is 7.20. The van der Waals surface area contributed by atoms with Gasteiger partial charge in [-0.2, -0.15) is 5.26 Å². The fourth-order valence-electron chi connectivity index (χ4n) is 7.20. The van der Waals surface area contributed by atoms with Crippen LogP contribution >= 0.6 is 0 Å². The summed E-state index contributed by atoms with van der Waals surface area (Å²) in [5, 5.41) is 9.46. The van der Waals surface area contributed by atoms with E-state index in [1.165, 1.54) is 17.7 Å². The number of halogens is 1. The van der Waals surface area contributed by atoms with Gasteiger partial charge < -0.3 is 15.4 Å². The van der Waals surface area contributed by atoms with E-state index in [0.717, 1.165) is 75.0 Å². The smallest absolute Gasteiger partial charge is 0.188 e. The van der Waals surface area contributed by atoms with Crippen molar-refractivity contribution in [3.63, 3.8) is 0 Å². The van der Waals surface area contributed by atoms with Crippen LogP contribution in [0.15, 0.2) is 79.3 Å². The summed E-state index contributed by atoms with van der Waals surface area (Å²) in [4.78, 5) is 11.2. The van der Waals surface area contributed by atoms with E-state index in [9.17, 15) is 9.65 Å². The number of anilines is 1. The number of nitrogens with zero attached hydrogens (tertiary/aromatic N) is 4. The number of nitriles is 1. The number of nitrogens with two attached hydrogens (primary N) is 1. The Hall–Kier alpha value is -4.28. The third-order valence-corrected chi connectivity index (χ3v) is 9.33. The molecule has 2 atom stereocenters. The van der Waals surface area contributed by atoms with Gasteiger partial charge in [0.15, 0.2) is 11.6 Å². The van der Waals surface area contributed by atoms with E-state index in [0.29, 0.717) is 28.5 Å². The second-order valence-electron chi connectivity index (χ2n) is 12.5. The van der Waals surface area contributed by atoms with Crippen LogP contribution in [0.5, 0.6) is 11.5 Å². The largest absolute Gasteiger partial charge is 0.451 e. The number of hydrogen-bond acceptors (Lipinski definition) is 6. The third kappa shape index (κ3) is 5.23. The molecule has 7 heteroatoms. The monoisotopic (exact) mass is 559 g/mol.